The minimum absolute atomic E-state index is 0.171. The first-order valence-corrected chi connectivity index (χ1v) is 11.4. The van der Waals surface area contributed by atoms with Crippen LogP contribution in [0.15, 0.2) is 35.4 Å². The van der Waals surface area contributed by atoms with Crippen molar-refractivity contribution in [2.75, 3.05) is 29.9 Å². The first kappa shape index (κ1) is 21.9. The zero-order chi connectivity index (χ0) is 22.7. The number of esters is 1. The molecule has 0 saturated carbocycles. The van der Waals surface area contributed by atoms with Gasteiger partial charge in [-0.15, -0.1) is 0 Å². The number of ether oxygens (including phenoxy) is 1. The molecule has 1 aromatic carbocycles. The molecule has 1 aliphatic rings. The number of rotatable bonds is 6. The standard InChI is InChI=1S/C22H25N5O4S/c1-3-31-21(30)15-6-8-16(9-7-15)24-17(28)12-27-13-23-19-18(20(27)29)32-22(25-19)26-10-4-5-14(2)11-26/h6-9,13-14H,3-5,10-12H2,1-2H3,(H,24,28)/t14-/m0/s1. The van der Waals surface area contributed by atoms with Gasteiger partial charge in [-0.25, -0.2) is 9.78 Å². The van der Waals surface area contributed by atoms with Crippen molar-refractivity contribution in [1.82, 2.24) is 14.5 Å². The molecule has 0 spiro atoms. The van der Waals surface area contributed by atoms with Gasteiger partial charge in [0.1, 0.15) is 17.6 Å². The SMILES string of the molecule is CCOC(=O)c1ccc(NC(=O)Cn2cnc3nc(N4CCC[C@H](C)C4)sc3c2=O)cc1. The van der Waals surface area contributed by atoms with Crippen LogP contribution in [0.1, 0.15) is 37.0 Å². The molecular weight excluding hydrogens is 430 g/mol. The molecule has 1 saturated heterocycles. The summed E-state index contributed by atoms with van der Waals surface area (Å²) in [5.41, 5.74) is 1.06. The summed E-state index contributed by atoms with van der Waals surface area (Å²) >= 11 is 1.33. The summed E-state index contributed by atoms with van der Waals surface area (Å²) in [4.78, 5) is 48.1. The number of anilines is 2. The fraction of sp³-hybridized carbons (Fsp3) is 0.409. The van der Waals surface area contributed by atoms with Gasteiger partial charge in [0.15, 0.2) is 10.8 Å². The molecule has 0 aliphatic carbocycles. The number of nitrogens with zero attached hydrogens (tertiary/aromatic N) is 4. The van der Waals surface area contributed by atoms with Gasteiger partial charge >= 0.3 is 5.97 Å². The molecule has 10 heteroatoms. The van der Waals surface area contributed by atoms with Gasteiger partial charge in [-0.05, 0) is 49.9 Å². The maximum absolute atomic E-state index is 12.9. The minimum Gasteiger partial charge on any atom is -0.462 e. The summed E-state index contributed by atoms with van der Waals surface area (Å²) < 4.78 is 6.68. The number of amides is 1. The Bertz CT molecular complexity index is 1190. The van der Waals surface area contributed by atoms with E-state index < -0.39 is 5.97 Å². The molecule has 3 heterocycles. The monoisotopic (exact) mass is 455 g/mol. The lowest BCUT2D eigenvalue weighted by atomic mass is 10.0. The normalized spacial score (nSPS) is 16.2. The molecule has 4 rings (SSSR count). The largest absolute Gasteiger partial charge is 0.462 e. The van der Waals surface area contributed by atoms with E-state index >= 15 is 0 Å². The molecule has 168 valence electrons. The van der Waals surface area contributed by atoms with Gasteiger partial charge in [0.2, 0.25) is 5.91 Å². The number of nitrogens with one attached hydrogen (secondary N) is 1. The number of thiazole rings is 1. The second kappa shape index (κ2) is 9.47. The highest BCUT2D eigenvalue weighted by atomic mass is 32.1. The van der Waals surface area contributed by atoms with Gasteiger partial charge in [0.05, 0.1) is 12.2 Å². The average molecular weight is 456 g/mol. The van der Waals surface area contributed by atoms with Crippen LogP contribution in [0, 0.1) is 5.92 Å². The summed E-state index contributed by atoms with van der Waals surface area (Å²) in [6, 6.07) is 6.38. The van der Waals surface area contributed by atoms with Crippen molar-refractivity contribution in [2.45, 2.75) is 33.2 Å². The molecule has 2 aromatic heterocycles. The summed E-state index contributed by atoms with van der Waals surface area (Å²) in [7, 11) is 0. The van der Waals surface area contributed by atoms with Crippen molar-refractivity contribution >= 4 is 44.4 Å². The van der Waals surface area contributed by atoms with Crippen LogP contribution in [0.5, 0.6) is 0 Å². The van der Waals surface area contributed by atoms with E-state index in [4.69, 9.17) is 4.74 Å². The molecule has 0 unspecified atom stereocenters. The third-order valence-electron chi connectivity index (χ3n) is 5.29. The number of fused-ring (bicyclic) bond motifs is 1. The maximum atomic E-state index is 12.9. The lowest BCUT2D eigenvalue weighted by molar-refractivity contribution is -0.116. The van der Waals surface area contributed by atoms with Crippen LogP contribution in [-0.4, -0.2) is 46.1 Å². The van der Waals surface area contributed by atoms with Gasteiger partial charge in [-0.2, -0.15) is 4.98 Å². The quantitative estimate of drug-likeness (QED) is 0.570. The van der Waals surface area contributed by atoms with Crippen molar-refractivity contribution in [1.29, 1.82) is 0 Å². The molecule has 1 atom stereocenters. The Hall–Kier alpha value is -3.27. The van der Waals surface area contributed by atoms with Crippen molar-refractivity contribution in [2.24, 2.45) is 5.92 Å². The van der Waals surface area contributed by atoms with E-state index in [2.05, 4.69) is 27.1 Å². The lowest BCUT2D eigenvalue weighted by Crippen LogP contribution is -2.34. The second-order valence-corrected chi connectivity index (χ2v) is 8.84. The fourth-order valence-electron chi connectivity index (χ4n) is 3.71. The van der Waals surface area contributed by atoms with Crippen molar-refractivity contribution in [3.05, 3.63) is 46.5 Å². The summed E-state index contributed by atoms with van der Waals surface area (Å²) in [6.07, 6.45) is 3.67. The third kappa shape index (κ3) is 4.80. The van der Waals surface area contributed by atoms with Gasteiger partial charge in [0, 0.05) is 18.8 Å². The molecule has 0 radical (unpaired) electrons. The van der Waals surface area contributed by atoms with Gasteiger partial charge < -0.3 is 15.0 Å². The van der Waals surface area contributed by atoms with E-state index in [9.17, 15) is 14.4 Å². The Morgan fingerprint density at radius 3 is 2.78 bits per heavy atom. The first-order chi connectivity index (χ1) is 15.4. The van der Waals surface area contributed by atoms with Gasteiger partial charge in [-0.1, -0.05) is 18.3 Å². The van der Waals surface area contributed by atoms with Crippen LogP contribution in [-0.2, 0) is 16.1 Å². The molecule has 9 nitrogen and oxygen atoms in total. The molecule has 3 aromatic rings. The Balaban J connectivity index is 1.45. The second-order valence-electron chi connectivity index (χ2n) is 7.87. The van der Waals surface area contributed by atoms with E-state index in [1.54, 1.807) is 31.2 Å². The maximum Gasteiger partial charge on any atom is 0.338 e. The van der Waals surface area contributed by atoms with E-state index in [0.717, 1.165) is 24.6 Å². The van der Waals surface area contributed by atoms with Crippen LogP contribution in [0.3, 0.4) is 0 Å². The molecule has 0 bridgehead atoms. The van der Waals surface area contributed by atoms with Crippen LogP contribution < -0.4 is 15.8 Å². The zero-order valence-corrected chi connectivity index (χ0v) is 18.9. The van der Waals surface area contributed by atoms with Crippen LogP contribution in [0.25, 0.3) is 10.3 Å². The highest BCUT2D eigenvalue weighted by Gasteiger charge is 2.21. The summed E-state index contributed by atoms with van der Waals surface area (Å²) in [6.45, 7) is 5.93. The fourth-order valence-corrected chi connectivity index (χ4v) is 4.71. The highest BCUT2D eigenvalue weighted by Crippen LogP contribution is 2.29. The minimum atomic E-state index is -0.417. The average Bonchev–Trinajstić information content (AvgIpc) is 3.22. The Morgan fingerprint density at radius 1 is 1.28 bits per heavy atom. The predicted octanol–water partition coefficient (Wildman–Crippen LogP) is 2.90. The topological polar surface area (TPSA) is 106 Å². The summed E-state index contributed by atoms with van der Waals surface area (Å²) in [5.74, 6) is -0.193. The van der Waals surface area contributed by atoms with Crippen LogP contribution in [0.4, 0.5) is 10.8 Å². The molecule has 32 heavy (non-hydrogen) atoms. The van der Waals surface area contributed by atoms with E-state index in [1.807, 2.05) is 0 Å². The number of aromatic nitrogens is 3. The zero-order valence-electron chi connectivity index (χ0n) is 18.0. The number of benzene rings is 1. The van der Waals surface area contributed by atoms with Crippen LogP contribution >= 0.6 is 11.3 Å². The third-order valence-corrected chi connectivity index (χ3v) is 6.39. The Kier molecular flexibility index (Phi) is 6.50. The summed E-state index contributed by atoms with van der Waals surface area (Å²) in [5, 5.41) is 3.53. The number of hydrogen-bond acceptors (Lipinski definition) is 8. The lowest BCUT2D eigenvalue weighted by Gasteiger charge is -2.30. The molecule has 1 fully saturated rings. The van der Waals surface area contributed by atoms with Crippen molar-refractivity contribution < 1.29 is 14.3 Å². The van der Waals surface area contributed by atoms with E-state index in [0.29, 0.717) is 34.1 Å². The van der Waals surface area contributed by atoms with Crippen molar-refractivity contribution in [3.8, 4) is 0 Å². The molecular formula is C22H25N5O4S. The molecule has 1 amide bonds. The van der Waals surface area contributed by atoms with E-state index in [1.165, 1.54) is 28.7 Å². The Morgan fingerprint density at radius 2 is 2.06 bits per heavy atom. The number of piperidine rings is 1. The predicted molar refractivity (Wildman–Crippen MR) is 123 cm³/mol. The van der Waals surface area contributed by atoms with E-state index in [-0.39, 0.29) is 18.0 Å². The number of hydrogen-bond donors (Lipinski definition) is 1. The first-order valence-electron chi connectivity index (χ1n) is 10.6. The number of carbonyl (C=O) groups is 2. The Labute approximate surface area is 189 Å². The molecule has 1 N–H and O–H groups in total. The van der Waals surface area contributed by atoms with Crippen LogP contribution in [0.2, 0.25) is 0 Å². The van der Waals surface area contributed by atoms with Gasteiger partial charge in [-0.3, -0.25) is 14.2 Å². The van der Waals surface area contributed by atoms with Gasteiger partial charge in [0.25, 0.3) is 5.56 Å². The van der Waals surface area contributed by atoms with Crippen molar-refractivity contribution in [3.63, 3.8) is 0 Å². The number of carbonyl (C=O) groups excluding carboxylic acids is 2. The highest BCUT2D eigenvalue weighted by molar-refractivity contribution is 7.22. The smallest absolute Gasteiger partial charge is 0.338 e. The molecule has 1 aliphatic heterocycles.